The van der Waals surface area contributed by atoms with Gasteiger partial charge in [-0.05, 0) is 11.6 Å². The summed E-state index contributed by atoms with van der Waals surface area (Å²) in [5.41, 5.74) is 1.82. The van der Waals surface area contributed by atoms with Crippen LogP contribution in [0.3, 0.4) is 0 Å². The molecule has 2 aromatic rings. The fourth-order valence-electron chi connectivity index (χ4n) is 3.21. The molecule has 0 radical (unpaired) electrons. The number of likely N-dealkylation sites (tertiary alicyclic amines) is 1. The zero-order chi connectivity index (χ0) is 19.4. The van der Waals surface area contributed by atoms with Crippen LogP contribution in [-0.4, -0.2) is 53.3 Å². The van der Waals surface area contributed by atoms with Crippen LogP contribution < -0.4 is 5.32 Å². The van der Waals surface area contributed by atoms with Gasteiger partial charge >= 0.3 is 5.97 Å². The third kappa shape index (κ3) is 4.16. The van der Waals surface area contributed by atoms with E-state index in [9.17, 15) is 19.2 Å². The summed E-state index contributed by atoms with van der Waals surface area (Å²) >= 11 is 0. The lowest BCUT2D eigenvalue weighted by Crippen LogP contribution is -2.44. The quantitative estimate of drug-likeness (QED) is 0.555. The van der Waals surface area contributed by atoms with Gasteiger partial charge in [-0.25, -0.2) is 4.79 Å². The van der Waals surface area contributed by atoms with Crippen LogP contribution in [0.15, 0.2) is 30.5 Å². The maximum Gasteiger partial charge on any atom is 0.328 e. The highest BCUT2D eigenvalue weighted by Gasteiger charge is 2.29. The van der Waals surface area contributed by atoms with Crippen LogP contribution in [0.25, 0.3) is 10.9 Å². The molecule has 8 heteroatoms. The Labute approximate surface area is 155 Å². The van der Waals surface area contributed by atoms with Gasteiger partial charge in [-0.15, -0.1) is 0 Å². The highest BCUT2D eigenvalue weighted by Crippen LogP contribution is 2.19. The first-order valence-electron chi connectivity index (χ1n) is 8.75. The molecule has 1 saturated heterocycles. The molecule has 1 atom stereocenters. The molecule has 8 nitrogen and oxygen atoms in total. The molecule has 3 rings (SSSR count). The second kappa shape index (κ2) is 8.03. The summed E-state index contributed by atoms with van der Waals surface area (Å²) in [7, 11) is 1.26. The number of aromatic nitrogens is 1. The SMILES string of the molecule is COC(=O)[C@@H](Cc1c[nH]c2ccccc12)NC(=O)CCN1C(=O)CCC1=O. The van der Waals surface area contributed by atoms with Crippen molar-refractivity contribution >= 4 is 34.6 Å². The molecule has 1 aromatic heterocycles. The van der Waals surface area contributed by atoms with Crippen molar-refractivity contribution in [1.82, 2.24) is 15.2 Å². The molecule has 0 saturated carbocycles. The Morgan fingerprint density at radius 1 is 1.22 bits per heavy atom. The summed E-state index contributed by atoms with van der Waals surface area (Å²) in [5.74, 6) is -1.51. The van der Waals surface area contributed by atoms with Crippen molar-refractivity contribution in [3.8, 4) is 0 Å². The Hall–Kier alpha value is -3.16. The Morgan fingerprint density at radius 3 is 2.63 bits per heavy atom. The number of nitrogens with zero attached hydrogens (tertiary/aromatic N) is 1. The predicted octanol–water partition coefficient (Wildman–Crippen LogP) is 0.907. The molecule has 2 heterocycles. The van der Waals surface area contributed by atoms with Gasteiger partial charge in [0.2, 0.25) is 17.7 Å². The smallest absolute Gasteiger partial charge is 0.328 e. The van der Waals surface area contributed by atoms with Crippen molar-refractivity contribution in [2.45, 2.75) is 31.7 Å². The van der Waals surface area contributed by atoms with Gasteiger partial charge in [0.1, 0.15) is 6.04 Å². The molecular formula is C19H21N3O5. The molecule has 1 aromatic carbocycles. The summed E-state index contributed by atoms with van der Waals surface area (Å²) in [4.78, 5) is 51.8. The molecule has 1 fully saturated rings. The van der Waals surface area contributed by atoms with E-state index in [-0.39, 0.29) is 44.0 Å². The third-order valence-electron chi connectivity index (χ3n) is 4.64. The van der Waals surface area contributed by atoms with Crippen LogP contribution in [-0.2, 0) is 30.3 Å². The lowest BCUT2D eigenvalue weighted by molar-refractivity contribution is -0.145. The summed E-state index contributed by atoms with van der Waals surface area (Å²) in [5, 5.41) is 3.61. The van der Waals surface area contributed by atoms with Crippen LogP contribution >= 0.6 is 0 Å². The highest BCUT2D eigenvalue weighted by atomic mass is 16.5. The van der Waals surface area contributed by atoms with Crippen LogP contribution in [0.4, 0.5) is 0 Å². The standard InChI is InChI=1S/C19H21N3O5/c1-27-19(26)15(10-12-11-20-14-5-3-2-4-13(12)14)21-16(23)8-9-22-17(24)6-7-18(22)25/h2-5,11,15,20H,6-10H2,1H3,(H,21,23)/t15-/m1/s1. The first kappa shape index (κ1) is 18.6. The van der Waals surface area contributed by atoms with Crippen molar-refractivity contribution in [2.24, 2.45) is 0 Å². The Balaban J connectivity index is 1.64. The second-order valence-corrected chi connectivity index (χ2v) is 6.40. The van der Waals surface area contributed by atoms with Crippen molar-refractivity contribution in [2.75, 3.05) is 13.7 Å². The average molecular weight is 371 g/mol. The molecule has 27 heavy (non-hydrogen) atoms. The number of ether oxygens (including phenoxy) is 1. The zero-order valence-corrected chi connectivity index (χ0v) is 15.0. The first-order chi connectivity index (χ1) is 13.0. The summed E-state index contributed by atoms with van der Waals surface area (Å²) in [6, 6.07) is 6.81. The number of carbonyl (C=O) groups excluding carboxylic acids is 4. The lowest BCUT2D eigenvalue weighted by atomic mass is 10.0. The van der Waals surface area contributed by atoms with Gasteiger partial charge < -0.3 is 15.0 Å². The number of H-pyrrole nitrogens is 1. The Kier molecular flexibility index (Phi) is 5.54. The van der Waals surface area contributed by atoms with Gasteiger partial charge in [-0.1, -0.05) is 18.2 Å². The fourth-order valence-corrected chi connectivity index (χ4v) is 3.21. The van der Waals surface area contributed by atoms with Gasteiger partial charge in [0.25, 0.3) is 0 Å². The molecule has 0 aliphatic carbocycles. The van der Waals surface area contributed by atoms with E-state index < -0.39 is 17.9 Å². The predicted molar refractivity (Wildman–Crippen MR) is 96.5 cm³/mol. The molecule has 0 spiro atoms. The number of carbonyl (C=O) groups is 4. The number of nitrogens with one attached hydrogen (secondary N) is 2. The summed E-state index contributed by atoms with van der Waals surface area (Å²) in [6.45, 7) is 0.0183. The van der Waals surface area contributed by atoms with E-state index >= 15 is 0 Å². The van der Waals surface area contributed by atoms with E-state index in [1.807, 2.05) is 24.3 Å². The number of hydrogen-bond acceptors (Lipinski definition) is 5. The monoisotopic (exact) mass is 371 g/mol. The van der Waals surface area contributed by atoms with E-state index in [1.165, 1.54) is 7.11 Å². The maximum atomic E-state index is 12.3. The van der Waals surface area contributed by atoms with E-state index in [2.05, 4.69) is 10.3 Å². The summed E-state index contributed by atoms with van der Waals surface area (Å²) in [6.07, 6.45) is 2.38. The first-order valence-corrected chi connectivity index (χ1v) is 8.75. The number of methoxy groups -OCH3 is 1. The largest absolute Gasteiger partial charge is 0.467 e. The van der Waals surface area contributed by atoms with Crippen molar-refractivity contribution < 1.29 is 23.9 Å². The topological polar surface area (TPSA) is 109 Å². The fraction of sp³-hybridized carbons (Fsp3) is 0.368. The number of fused-ring (bicyclic) bond motifs is 1. The minimum Gasteiger partial charge on any atom is -0.467 e. The highest BCUT2D eigenvalue weighted by molar-refractivity contribution is 6.02. The van der Waals surface area contributed by atoms with Crippen molar-refractivity contribution in [1.29, 1.82) is 0 Å². The zero-order valence-electron chi connectivity index (χ0n) is 15.0. The van der Waals surface area contributed by atoms with Gasteiger partial charge in [0, 0.05) is 49.3 Å². The van der Waals surface area contributed by atoms with Crippen LogP contribution in [0, 0.1) is 0 Å². The van der Waals surface area contributed by atoms with Crippen molar-refractivity contribution in [3.63, 3.8) is 0 Å². The number of aromatic amines is 1. The van der Waals surface area contributed by atoms with E-state index in [0.717, 1.165) is 21.4 Å². The number of hydrogen-bond donors (Lipinski definition) is 2. The average Bonchev–Trinajstić information content (AvgIpc) is 3.22. The molecule has 3 amide bonds. The Morgan fingerprint density at radius 2 is 1.93 bits per heavy atom. The van der Waals surface area contributed by atoms with E-state index in [4.69, 9.17) is 4.74 Å². The molecule has 2 N–H and O–H groups in total. The number of esters is 1. The van der Waals surface area contributed by atoms with E-state index in [1.54, 1.807) is 6.20 Å². The number of para-hydroxylation sites is 1. The minimum absolute atomic E-state index is 0.0183. The normalized spacial score (nSPS) is 15.2. The molecular weight excluding hydrogens is 350 g/mol. The van der Waals surface area contributed by atoms with Gasteiger partial charge in [0.05, 0.1) is 7.11 Å². The van der Waals surface area contributed by atoms with Crippen LogP contribution in [0.5, 0.6) is 0 Å². The van der Waals surface area contributed by atoms with Crippen molar-refractivity contribution in [3.05, 3.63) is 36.0 Å². The van der Waals surface area contributed by atoms with Gasteiger partial charge in [0.15, 0.2) is 0 Å². The number of amides is 3. The minimum atomic E-state index is -0.855. The number of imide groups is 1. The second-order valence-electron chi connectivity index (χ2n) is 6.40. The third-order valence-corrected chi connectivity index (χ3v) is 4.64. The molecule has 1 aliphatic heterocycles. The summed E-state index contributed by atoms with van der Waals surface area (Å²) < 4.78 is 4.80. The maximum absolute atomic E-state index is 12.3. The van der Waals surface area contributed by atoms with Gasteiger partial charge in [-0.2, -0.15) is 0 Å². The lowest BCUT2D eigenvalue weighted by Gasteiger charge is -2.18. The van der Waals surface area contributed by atoms with Crippen LogP contribution in [0.1, 0.15) is 24.8 Å². The van der Waals surface area contributed by atoms with E-state index in [0.29, 0.717) is 0 Å². The molecule has 0 unspecified atom stereocenters. The Bertz CT molecular complexity index is 872. The number of rotatable bonds is 7. The van der Waals surface area contributed by atoms with Gasteiger partial charge in [-0.3, -0.25) is 19.3 Å². The molecule has 142 valence electrons. The molecule has 1 aliphatic rings. The van der Waals surface area contributed by atoms with Crippen LogP contribution in [0.2, 0.25) is 0 Å². The molecule has 0 bridgehead atoms. The number of benzene rings is 1.